The third-order valence-electron chi connectivity index (χ3n) is 4.23. The SMILES string of the molecule is Clc1ccc(-c2noc(CSc3ncnc4c3cnn4-c3ccccc3)n2)cc1. The van der Waals surface area contributed by atoms with E-state index in [-0.39, 0.29) is 0 Å². The van der Waals surface area contributed by atoms with E-state index in [9.17, 15) is 0 Å². The highest BCUT2D eigenvalue weighted by atomic mass is 35.5. The number of para-hydroxylation sites is 1. The predicted octanol–water partition coefficient (Wildman–Crippen LogP) is 4.81. The number of benzene rings is 2. The molecule has 0 amide bonds. The van der Waals surface area contributed by atoms with Crippen LogP contribution < -0.4 is 0 Å². The second-order valence-electron chi connectivity index (χ2n) is 6.12. The molecule has 3 heterocycles. The maximum atomic E-state index is 5.92. The Morgan fingerprint density at radius 1 is 1.00 bits per heavy atom. The van der Waals surface area contributed by atoms with Crippen LogP contribution in [0.2, 0.25) is 5.02 Å². The number of rotatable bonds is 5. The molecular formula is C20H13ClN6OS. The molecule has 5 rings (SSSR count). The van der Waals surface area contributed by atoms with Gasteiger partial charge < -0.3 is 4.52 Å². The molecule has 0 N–H and O–H groups in total. The third-order valence-corrected chi connectivity index (χ3v) is 5.47. The Labute approximate surface area is 174 Å². The zero-order valence-corrected chi connectivity index (χ0v) is 16.5. The molecule has 3 aromatic heterocycles. The van der Waals surface area contributed by atoms with E-state index in [4.69, 9.17) is 16.1 Å². The Bertz CT molecular complexity index is 1270. The van der Waals surface area contributed by atoms with Gasteiger partial charge >= 0.3 is 0 Å². The molecule has 0 aliphatic carbocycles. The lowest BCUT2D eigenvalue weighted by Crippen LogP contribution is -1.97. The highest BCUT2D eigenvalue weighted by Gasteiger charge is 2.14. The summed E-state index contributed by atoms with van der Waals surface area (Å²) >= 11 is 7.42. The third kappa shape index (κ3) is 3.59. The van der Waals surface area contributed by atoms with Gasteiger partial charge in [-0.3, -0.25) is 0 Å². The zero-order chi connectivity index (χ0) is 19.6. The maximum absolute atomic E-state index is 5.92. The Hall–Kier alpha value is -3.23. The van der Waals surface area contributed by atoms with E-state index in [1.165, 1.54) is 11.8 Å². The van der Waals surface area contributed by atoms with Gasteiger partial charge in [0.15, 0.2) is 5.65 Å². The minimum Gasteiger partial charge on any atom is -0.338 e. The van der Waals surface area contributed by atoms with Gasteiger partial charge in [0.25, 0.3) is 0 Å². The van der Waals surface area contributed by atoms with Gasteiger partial charge in [-0.15, -0.1) is 0 Å². The molecular weight excluding hydrogens is 408 g/mol. The number of hydrogen-bond acceptors (Lipinski definition) is 7. The molecule has 0 atom stereocenters. The molecule has 29 heavy (non-hydrogen) atoms. The van der Waals surface area contributed by atoms with Crippen LogP contribution in [0.1, 0.15) is 5.89 Å². The first-order valence-electron chi connectivity index (χ1n) is 8.73. The molecule has 0 aliphatic rings. The average molecular weight is 421 g/mol. The van der Waals surface area contributed by atoms with Crippen molar-refractivity contribution in [3.05, 3.63) is 78.0 Å². The van der Waals surface area contributed by atoms with Crippen LogP contribution in [0.3, 0.4) is 0 Å². The Kier molecular flexibility index (Phi) is 4.71. The molecule has 0 spiro atoms. The molecule has 0 saturated heterocycles. The first-order chi connectivity index (χ1) is 14.3. The molecule has 0 bridgehead atoms. The van der Waals surface area contributed by atoms with Crippen molar-refractivity contribution in [2.24, 2.45) is 0 Å². The molecule has 7 nitrogen and oxygen atoms in total. The summed E-state index contributed by atoms with van der Waals surface area (Å²) in [4.78, 5) is 13.2. The Morgan fingerprint density at radius 3 is 2.66 bits per heavy atom. The van der Waals surface area contributed by atoms with Gasteiger partial charge in [0.05, 0.1) is 23.0 Å². The second kappa shape index (κ2) is 7.65. The molecule has 0 radical (unpaired) electrons. The van der Waals surface area contributed by atoms with Gasteiger partial charge in [0, 0.05) is 10.6 Å². The van der Waals surface area contributed by atoms with E-state index in [2.05, 4.69) is 25.2 Å². The van der Waals surface area contributed by atoms with Crippen molar-refractivity contribution in [2.75, 3.05) is 0 Å². The molecule has 0 fully saturated rings. The lowest BCUT2D eigenvalue weighted by Gasteiger charge is -2.03. The summed E-state index contributed by atoms with van der Waals surface area (Å²) in [5, 5.41) is 10.9. The topological polar surface area (TPSA) is 82.5 Å². The molecule has 9 heteroatoms. The van der Waals surface area contributed by atoms with Gasteiger partial charge in [-0.25, -0.2) is 14.6 Å². The summed E-state index contributed by atoms with van der Waals surface area (Å²) in [5.41, 5.74) is 2.55. The van der Waals surface area contributed by atoms with Crippen molar-refractivity contribution in [1.82, 2.24) is 29.9 Å². The molecule has 5 aromatic rings. The van der Waals surface area contributed by atoms with Crippen molar-refractivity contribution in [3.63, 3.8) is 0 Å². The lowest BCUT2D eigenvalue weighted by molar-refractivity contribution is 0.391. The van der Waals surface area contributed by atoms with Gasteiger partial charge in [-0.1, -0.05) is 46.7 Å². The van der Waals surface area contributed by atoms with Crippen LogP contribution in [0.25, 0.3) is 28.1 Å². The van der Waals surface area contributed by atoms with E-state index >= 15 is 0 Å². The van der Waals surface area contributed by atoms with Gasteiger partial charge in [0.2, 0.25) is 11.7 Å². The number of thioether (sulfide) groups is 1. The maximum Gasteiger partial charge on any atom is 0.237 e. The van der Waals surface area contributed by atoms with Crippen molar-refractivity contribution >= 4 is 34.4 Å². The van der Waals surface area contributed by atoms with E-state index < -0.39 is 0 Å². The van der Waals surface area contributed by atoms with E-state index in [0.717, 1.165) is 27.3 Å². The smallest absolute Gasteiger partial charge is 0.237 e. The van der Waals surface area contributed by atoms with Crippen molar-refractivity contribution < 1.29 is 4.52 Å². The highest BCUT2D eigenvalue weighted by Crippen LogP contribution is 2.28. The van der Waals surface area contributed by atoms with Gasteiger partial charge in [-0.2, -0.15) is 10.1 Å². The van der Waals surface area contributed by atoms with Crippen LogP contribution in [-0.4, -0.2) is 29.9 Å². The largest absolute Gasteiger partial charge is 0.338 e. The predicted molar refractivity (Wildman–Crippen MR) is 111 cm³/mol. The first kappa shape index (κ1) is 17.8. The van der Waals surface area contributed by atoms with Gasteiger partial charge in [-0.05, 0) is 36.4 Å². The lowest BCUT2D eigenvalue weighted by atomic mass is 10.2. The summed E-state index contributed by atoms with van der Waals surface area (Å²) in [7, 11) is 0. The van der Waals surface area contributed by atoms with Crippen LogP contribution in [0.15, 0.2) is 76.7 Å². The van der Waals surface area contributed by atoms with Crippen molar-refractivity contribution in [2.45, 2.75) is 10.8 Å². The molecule has 0 saturated carbocycles. The fourth-order valence-electron chi connectivity index (χ4n) is 2.86. The summed E-state index contributed by atoms with van der Waals surface area (Å²) in [6, 6.07) is 17.2. The van der Waals surface area contributed by atoms with E-state index in [0.29, 0.717) is 22.5 Å². The van der Waals surface area contributed by atoms with Gasteiger partial charge in [0.1, 0.15) is 11.4 Å². The first-order valence-corrected chi connectivity index (χ1v) is 10.1. The van der Waals surface area contributed by atoms with E-state index in [1.807, 2.05) is 42.5 Å². The minimum absolute atomic E-state index is 0.489. The fraction of sp³-hybridized carbons (Fsp3) is 0.0500. The molecule has 0 aliphatic heterocycles. The monoisotopic (exact) mass is 420 g/mol. The van der Waals surface area contributed by atoms with Crippen LogP contribution in [0.4, 0.5) is 0 Å². The standard InChI is InChI=1S/C20H13ClN6OS/c21-14-8-6-13(7-9-14)18-25-17(28-26-18)11-29-20-16-10-24-27(19(16)22-12-23-20)15-4-2-1-3-5-15/h1-10,12H,11H2. The minimum atomic E-state index is 0.489. The molecule has 142 valence electrons. The second-order valence-corrected chi connectivity index (χ2v) is 7.52. The van der Waals surface area contributed by atoms with Crippen molar-refractivity contribution in [3.8, 4) is 17.1 Å². The van der Waals surface area contributed by atoms with Crippen LogP contribution >= 0.6 is 23.4 Å². The number of halogens is 1. The molecule has 2 aromatic carbocycles. The number of aromatic nitrogens is 6. The fourth-order valence-corrected chi connectivity index (χ4v) is 3.78. The summed E-state index contributed by atoms with van der Waals surface area (Å²) in [6.07, 6.45) is 3.32. The van der Waals surface area contributed by atoms with Crippen molar-refractivity contribution in [1.29, 1.82) is 0 Å². The normalized spacial score (nSPS) is 11.2. The number of hydrogen-bond donors (Lipinski definition) is 0. The van der Waals surface area contributed by atoms with Crippen LogP contribution in [-0.2, 0) is 5.75 Å². The van der Waals surface area contributed by atoms with Crippen LogP contribution in [0, 0.1) is 0 Å². The quantitative estimate of drug-likeness (QED) is 0.298. The number of fused-ring (bicyclic) bond motifs is 1. The molecule has 0 unspecified atom stereocenters. The summed E-state index contributed by atoms with van der Waals surface area (Å²) < 4.78 is 7.18. The number of nitrogens with zero attached hydrogens (tertiary/aromatic N) is 6. The average Bonchev–Trinajstić information content (AvgIpc) is 3.41. The Morgan fingerprint density at radius 2 is 1.83 bits per heavy atom. The summed E-state index contributed by atoms with van der Waals surface area (Å²) in [5.74, 6) is 1.53. The summed E-state index contributed by atoms with van der Waals surface area (Å²) in [6.45, 7) is 0. The highest BCUT2D eigenvalue weighted by molar-refractivity contribution is 7.98. The van der Waals surface area contributed by atoms with E-state index in [1.54, 1.807) is 29.3 Å². The zero-order valence-electron chi connectivity index (χ0n) is 14.9. The van der Waals surface area contributed by atoms with Crippen LogP contribution in [0.5, 0.6) is 0 Å². The Balaban J connectivity index is 1.38.